The summed E-state index contributed by atoms with van der Waals surface area (Å²) in [5, 5.41) is 19.4. The van der Waals surface area contributed by atoms with Crippen molar-refractivity contribution in [3.8, 4) is 6.07 Å². The van der Waals surface area contributed by atoms with Crippen LogP contribution >= 0.6 is 11.6 Å². The lowest BCUT2D eigenvalue weighted by Crippen LogP contribution is -2.33. The molecule has 0 bridgehead atoms. The number of aliphatic hydroxyl groups is 1. The summed E-state index contributed by atoms with van der Waals surface area (Å²) < 4.78 is 0. The number of hydrogen-bond donors (Lipinski definition) is 1. The van der Waals surface area contributed by atoms with Crippen LogP contribution < -0.4 is 4.90 Å². The van der Waals surface area contributed by atoms with Crippen molar-refractivity contribution in [2.75, 3.05) is 18.1 Å². The monoisotopic (exact) mass is 318 g/mol. The lowest BCUT2D eigenvalue weighted by molar-refractivity contribution is 0.266. The van der Waals surface area contributed by atoms with Gasteiger partial charge in [-0.05, 0) is 42.6 Å². The normalized spacial score (nSPS) is 17.0. The second-order valence-electron chi connectivity index (χ2n) is 4.83. The van der Waals surface area contributed by atoms with Gasteiger partial charge in [0, 0.05) is 11.9 Å². The van der Waals surface area contributed by atoms with E-state index in [2.05, 4.69) is 20.9 Å². The highest BCUT2D eigenvalue weighted by Crippen LogP contribution is 2.31. The van der Waals surface area contributed by atoms with Crippen molar-refractivity contribution in [2.24, 2.45) is 0 Å². The summed E-state index contributed by atoms with van der Waals surface area (Å²) in [4.78, 5) is 10.6. The van der Waals surface area contributed by atoms with Crippen LogP contribution in [0.4, 0.5) is 5.82 Å². The van der Waals surface area contributed by atoms with E-state index >= 15 is 0 Å². The molecule has 2 aromatic rings. The van der Waals surface area contributed by atoms with Crippen molar-refractivity contribution in [3.05, 3.63) is 29.0 Å². The molecular weight excluding hydrogens is 300 g/mol. The smallest absolute Gasteiger partial charge is 0.224 e. The number of fused-ring (bicyclic) bond motifs is 1. The van der Waals surface area contributed by atoms with E-state index in [9.17, 15) is 5.11 Å². The van der Waals surface area contributed by atoms with Gasteiger partial charge in [0.05, 0.1) is 29.8 Å². The Labute approximate surface area is 135 Å². The van der Waals surface area contributed by atoms with Crippen LogP contribution in [0.2, 0.25) is 5.28 Å². The first kappa shape index (κ1) is 16.5. The predicted molar refractivity (Wildman–Crippen MR) is 88.1 cm³/mol. The predicted octanol–water partition coefficient (Wildman–Crippen LogP) is 3.14. The molecule has 1 aromatic carbocycles. The topological polar surface area (TPSA) is 73.0 Å². The summed E-state index contributed by atoms with van der Waals surface area (Å²) in [7, 11) is 0. The van der Waals surface area contributed by atoms with Crippen LogP contribution in [0.1, 0.15) is 32.3 Å². The van der Waals surface area contributed by atoms with Crippen LogP contribution in [-0.2, 0) is 0 Å². The molecule has 6 heteroatoms. The van der Waals surface area contributed by atoms with Gasteiger partial charge in [0.2, 0.25) is 5.28 Å². The third-order valence-electron chi connectivity index (χ3n) is 3.64. The second kappa shape index (κ2) is 7.39. The van der Waals surface area contributed by atoms with Crippen LogP contribution in [-0.4, -0.2) is 34.3 Å². The van der Waals surface area contributed by atoms with E-state index in [1.807, 2.05) is 19.9 Å². The molecule has 1 aliphatic rings. The zero-order valence-corrected chi connectivity index (χ0v) is 13.5. The first-order valence-electron chi connectivity index (χ1n) is 7.48. The van der Waals surface area contributed by atoms with Crippen LogP contribution in [0.5, 0.6) is 0 Å². The highest BCUT2D eigenvalue weighted by Gasteiger charge is 2.26. The first-order valence-corrected chi connectivity index (χ1v) is 7.85. The molecule has 1 aliphatic heterocycles. The Morgan fingerprint density at radius 3 is 2.86 bits per heavy atom. The van der Waals surface area contributed by atoms with Gasteiger partial charge in [-0.15, -0.1) is 0 Å². The van der Waals surface area contributed by atoms with Gasteiger partial charge in [-0.3, -0.25) is 0 Å². The molecule has 0 spiro atoms. The standard InChI is InChI=1S/C14H13ClN4O.C2H6/c15-14-17-12-6-9(7-16)3-4-11(12)13(18-14)19-5-1-2-10(19)8-20;1-2/h3-4,6,10,20H,1-2,5,8H2;1-2H3. The lowest BCUT2D eigenvalue weighted by atomic mass is 10.1. The van der Waals surface area contributed by atoms with E-state index in [1.165, 1.54) is 0 Å². The van der Waals surface area contributed by atoms with E-state index in [1.54, 1.807) is 12.1 Å². The number of nitriles is 1. The molecule has 116 valence electrons. The van der Waals surface area contributed by atoms with Crippen LogP contribution in [0.15, 0.2) is 18.2 Å². The quantitative estimate of drug-likeness (QED) is 0.861. The van der Waals surface area contributed by atoms with Crippen molar-refractivity contribution in [3.63, 3.8) is 0 Å². The zero-order valence-electron chi connectivity index (χ0n) is 12.8. The fraction of sp³-hybridized carbons (Fsp3) is 0.438. The van der Waals surface area contributed by atoms with Crippen LogP contribution in [0, 0.1) is 11.3 Å². The zero-order chi connectivity index (χ0) is 16.1. The molecule has 5 nitrogen and oxygen atoms in total. The minimum Gasteiger partial charge on any atom is -0.394 e. The van der Waals surface area contributed by atoms with Crippen LogP contribution in [0.3, 0.4) is 0 Å². The van der Waals surface area contributed by atoms with Gasteiger partial charge in [0.15, 0.2) is 0 Å². The molecule has 0 amide bonds. The largest absolute Gasteiger partial charge is 0.394 e. The number of aromatic nitrogens is 2. The SMILES string of the molecule is CC.N#Cc1ccc2c(N3CCCC3CO)nc(Cl)nc2c1. The third kappa shape index (κ3) is 3.13. The molecule has 1 saturated heterocycles. The van der Waals surface area contributed by atoms with Gasteiger partial charge in [-0.2, -0.15) is 10.2 Å². The number of nitrogens with zero attached hydrogens (tertiary/aromatic N) is 4. The number of anilines is 1. The van der Waals surface area contributed by atoms with Gasteiger partial charge in [-0.25, -0.2) is 4.98 Å². The molecule has 3 rings (SSSR count). The van der Waals surface area contributed by atoms with E-state index in [4.69, 9.17) is 16.9 Å². The van der Waals surface area contributed by atoms with Crippen molar-refractivity contribution in [1.29, 1.82) is 5.26 Å². The Balaban J connectivity index is 0.000000847. The maximum absolute atomic E-state index is 9.46. The Morgan fingerprint density at radius 1 is 1.41 bits per heavy atom. The maximum Gasteiger partial charge on any atom is 0.224 e. The molecule has 1 N–H and O–H groups in total. The van der Waals surface area contributed by atoms with E-state index < -0.39 is 0 Å². The van der Waals surface area contributed by atoms with Gasteiger partial charge < -0.3 is 10.0 Å². The van der Waals surface area contributed by atoms with E-state index in [-0.39, 0.29) is 17.9 Å². The number of rotatable bonds is 2. The minimum absolute atomic E-state index is 0.0693. The fourth-order valence-electron chi connectivity index (χ4n) is 2.68. The Kier molecular flexibility index (Phi) is 5.53. The summed E-state index contributed by atoms with van der Waals surface area (Å²) in [6.07, 6.45) is 1.96. The molecule has 0 radical (unpaired) electrons. The maximum atomic E-state index is 9.46. The van der Waals surface area contributed by atoms with Crippen molar-refractivity contribution in [1.82, 2.24) is 9.97 Å². The highest BCUT2D eigenvalue weighted by molar-refractivity contribution is 6.28. The molecule has 1 unspecified atom stereocenters. The molecule has 0 saturated carbocycles. The summed E-state index contributed by atoms with van der Waals surface area (Å²) in [5.74, 6) is 0.737. The highest BCUT2D eigenvalue weighted by atomic mass is 35.5. The van der Waals surface area contributed by atoms with E-state index in [0.717, 1.165) is 30.6 Å². The van der Waals surface area contributed by atoms with Crippen molar-refractivity contribution < 1.29 is 5.11 Å². The average molecular weight is 319 g/mol. The average Bonchev–Trinajstić information content (AvgIpc) is 3.03. The summed E-state index contributed by atoms with van der Waals surface area (Å²) >= 11 is 5.99. The van der Waals surface area contributed by atoms with E-state index in [0.29, 0.717) is 11.1 Å². The van der Waals surface area contributed by atoms with Gasteiger partial charge >= 0.3 is 0 Å². The first-order chi connectivity index (χ1) is 10.7. The molecule has 1 fully saturated rings. The minimum atomic E-state index is 0.0693. The second-order valence-corrected chi connectivity index (χ2v) is 5.17. The Hall–Kier alpha value is -1.90. The molecule has 1 atom stereocenters. The van der Waals surface area contributed by atoms with Crippen molar-refractivity contribution in [2.45, 2.75) is 32.7 Å². The summed E-state index contributed by atoms with van der Waals surface area (Å²) in [6, 6.07) is 7.45. The Bertz CT molecular complexity index is 698. The summed E-state index contributed by atoms with van der Waals surface area (Å²) in [6.45, 7) is 4.94. The van der Waals surface area contributed by atoms with Gasteiger partial charge in [-0.1, -0.05) is 13.8 Å². The van der Waals surface area contributed by atoms with Gasteiger partial charge in [0.25, 0.3) is 0 Å². The lowest BCUT2D eigenvalue weighted by Gasteiger charge is -2.25. The number of benzene rings is 1. The molecular formula is C16H19ClN4O. The summed E-state index contributed by atoms with van der Waals surface area (Å²) in [5.41, 5.74) is 1.20. The van der Waals surface area contributed by atoms with Crippen LogP contribution in [0.25, 0.3) is 10.9 Å². The molecule has 0 aliphatic carbocycles. The number of aliphatic hydroxyl groups excluding tert-OH is 1. The number of halogens is 1. The molecule has 1 aromatic heterocycles. The van der Waals surface area contributed by atoms with Gasteiger partial charge in [0.1, 0.15) is 5.82 Å². The molecule has 2 heterocycles. The fourth-order valence-corrected chi connectivity index (χ4v) is 2.85. The third-order valence-corrected chi connectivity index (χ3v) is 3.81. The van der Waals surface area contributed by atoms with Crippen molar-refractivity contribution >= 4 is 28.3 Å². The Morgan fingerprint density at radius 2 is 2.18 bits per heavy atom. The molecule has 22 heavy (non-hydrogen) atoms. The number of hydrogen-bond acceptors (Lipinski definition) is 5.